The molecule has 7 heteroatoms. The van der Waals surface area contributed by atoms with E-state index >= 15 is 0 Å². The normalized spacial score (nSPS) is 16.9. The molecule has 3 N–H and O–H groups in total. The van der Waals surface area contributed by atoms with Crippen molar-refractivity contribution < 1.29 is 9.32 Å². The topological polar surface area (TPSA) is 94.0 Å². The summed E-state index contributed by atoms with van der Waals surface area (Å²) in [5, 5.41) is 7.14. The number of hydrogen-bond acceptors (Lipinski definition) is 5. The number of hydrogen-bond donors (Lipinski definition) is 2. The van der Waals surface area contributed by atoms with Gasteiger partial charge in [0.2, 0.25) is 5.91 Å². The van der Waals surface area contributed by atoms with Gasteiger partial charge in [-0.25, -0.2) is 0 Å². The van der Waals surface area contributed by atoms with Gasteiger partial charge in [-0.2, -0.15) is 4.98 Å². The number of carbonyl (C=O) groups is 1. The molecule has 142 valence electrons. The Morgan fingerprint density at radius 3 is 2.54 bits per heavy atom. The van der Waals surface area contributed by atoms with Gasteiger partial charge in [-0.1, -0.05) is 62.2 Å². The van der Waals surface area contributed by atoms with Crippen LogP contribution in [0.4, 0.5) is 0 Å². The van der Waals surface area contributed by atoms with Crippen LogP contribution >= 0.6 is 12.4 Å². The van der Waals surface area contributed by atoms with E-state index in [1.165, 1.54) is 0 Å². The summed E-state index contributed by atoms with van der Waals surface area (Å²) in [6.45, 7) is 4.03. The van der Waals surface area contributed by atoms with Crippen molar-refractivity contribution >= 4 is 18.3 Å². The summed E-state index contributed by atoms with van der Waals surface area (Å²) >= 11 is 0. The van der Waals surface area contributed by atoms with Gasteiger partial charge in [0.25, 0.3) is 5.89 Å². The molecule has 1 atom stereocenters. The first kappa shape index (κ1) is 20.4. The monoisotopic (exact) mass is 378 g/mol. The molecule has 0 bridgehead atoms. The summed E-state index contributed by atoms with van der Waals surface area (Å²) in [7, 11) is 0. The Morgan fingerprint density at radius 1 is 1.27 bits per heavy atom. The fourth-order valence-corrected chi connectivity index (χ4v) is 3.31. The second-order valence-corrected chi connectivity index (χ2v) is 7.33. The molecule has 1 aromatic carbocycles. The van der Waals surface area contributed by atoms with Gasteiger partial charge in [-0.15, -0.1) is 12.4 Å². The zero-order valence-corrected chi connectivity index (χ0v) is 16.1. The van der Waals surface area contributed by atoms with E-state index in [-0.39, 0.29) is 24.2 Å². The van der Waals surface area contributed by atoms with Crippen LogP contribution < -0.4 is 11.1 Å². The minimum Gasteiger partial charge on any atom is -0.341 e. The molecule has 0 spiro atoms. The van der Waals surface area contributed by atoms with E-state index in [0.717, 1.165) is 31.2 Å². The van der Waals surface area contributed by atoms with Crippen LogP contribution in [0.25, 0.3) is 0 Å². The van der Waals surface area contributed by atoms with E-state index in [1.807, 2.05) is 44.2 Å². The third-order valence-corrected chi connectivity index (χ3v) is 4.66. The summed E-state index contributed by atoms with van der Waals surface area (Å²) in [4.78, 5) is 16.9. The predicted octanol–water partition coefficient (Wildman–Crippen LogP) is 3.47. The molecule has 0 aliphatic heterocycles. The third-order valence-electron chi connectivity index (χ3n) is 4.66. The lowest BCUT2D eigenvalue weighted by Gasteiger charge is -2.18. The predicted molar refractivity (Wildman–Crippen MR) is 102 cm³/mol. The molecule has 26 heavy (non-hydrogen) atoms. The van der Waals surface area contributed by atoms with Crippen LogP contribution in [-0.4, -0.2) is 16.0 Å². The van der Waals surface area contributed by atoms with Crippen molar-refractivity contribution in [3.8, 4) is 0 Å². The molecular formula is C19H27ClN4O2. The fourth-order valence-electron chi connectivity index (χ4n) is 3.31. The smallest absolute Gasteiger partial charge is 0.253 e. The SMILES string of the molecule is CC(C)CC(=O)NC(c1ccccc1)c1nc(C2(N)CCCC2)no1.Cl. The van der Waals surface area contributed by atoms with Gasteiger partial charge in [0.1, 0.15) is 6.04 Å². The second-order valence-electron chi connectivity index (χ2n) is 7.33. The number of rotatable bonds is 6. The van der Waals surface area contributed by atoms with Crippen molar-refractivity contribution in [2.45, 2.75) is 57.5 Å². The molecule has 0 saturated heterocycles. The Morgan fingerprint density at radius 2 is 1.92 bits per heavy atom. The largest absolute Gasteiger partial charge is 0.341 e. The number of carbonyl (C=O) groups excluding carboxylic acids is 1. The van der Waals surface area contributed by atoms with Crippen molar-refractivity contribution in [2.75, 3.05) is 0 Å². The number of halogens is 1. The van der Waals surface area contributed by atoms with Gasteiger partial charge in [0, 0.05) is 6.42 Å². The highest BCUT2D eigenvalue weighted by Crippen LogP contribution is 2.35. The molecule has 1 saturated carbocycles. The van der Waals surface area contributed by atoms with Crippen LogP contribution in [0.15, 0.2) is 34.9 Å². The Bertz CT molecular complexity index is 711. The highest BCUT2D eigenvalue weighted by molar-refractivity contribution is 5.85. The summed E-state index contributed by atoms with van der Waals surface area (Å²) in [6.07, 6.45) is 4.33. The minimum atomic E-state index is -0.509. The van der Waals surface area contributed by atoms with Crippen LogP contribution in [0.2, 0.25) is 0 Å². The molecule has 1 heterocycles. The molecule has 1 amide bonds. The first-order valence-electron chi connectivity index (χ1n) is 8.95. The number of nitrogens with one attached hydrogen (secondary N) is 1. The Hall–Kier alpha value is -1.92. The Labute approximate surface area is 160 Å². The highest BCUT2D eigenvalue weighted by Gasteiger charge is 2.37. The number of nitrogens with two attached hydrogens (primary N) is 1. The summed E-state index contributed by atoms with van der Waals surface area (Å²) in [5.41, 5.74) is 6.83. The molecule has 1 aliphatic carbocycles. The lowest BCUT2D eigenvalue weighted by Crippen LogP contribution is -2.35. The number of benzene rings is 1. The first-order chi connectivity index (χ1) is 12.0. The van der Waals surface area contributed by atoms with E-state index in [9.17, 15) is 4.79 Å². The van der Waals surface area contributed by atoms with Gasteiger partial charge in [-0.3, -0.25) is 4.79 Å². The second kappa shape index (κ2) is 8.64. The lowest BCUT2D eigenvalue weighted by molar-refractivity contribution is -0.122. The Kier molecular flexibility index (Phi) is 6.78. The maximum atomic E-state index is 12.3. The van der Waals surface area contributed by atoms with E-state index < -0.39 is 11.6 Å². The first-order valence-corrected chi connectivity index (χ1v) is 8.95. The number of amides is 1. The zero-order valence-electron chi connectivity index (χ0n) is 15.3. The summed E-state index contributed by atoms with van der Waals surface area (Å²) in [5.74, 6) is 1.17. The molecule has 1 aliphatic rings. The molecule has 3 rings (SSSR count). The fraction of sp³-hybridized carbons (Fsp3) is 0.526. The molecule has 1 aromatic heterocycles. The maximum absolute atomic E-state index is 12.3. The lowest BCUT2D eigenvalue weighted by atomic mass is 9.98. The van der Waals surface area contributed by atoms with Crippen LogP contribution in [0.1, 0.15) is 69.3 Å². The highest BCUT2D eigenvalue weighted by atomic mass is 35.5. The molecular weight excluding hydrogens is 352 g/mol. The van der Waals surface area contributed by atoms with Gasteiger partial charge in [0.05, 0.1) is 5.54 Å². The summed E-state index contributed by atoms with van der Waals surface area (Å²) < 4.78 is 5.51. The number of aromatic nitrogens is 2. The molecule has 2 aromatic rings. The van der Waals surface area contributed by atoms with E-state index in [2.05, 4.69) is 15.5 Å². The van der Waals surface area contributed by atoms with Crippen molar-refractivity contribution in [3.63, 3.8) is 0 Å². The zero-order chi connectivity index (χ0) is 17.9. The van der Waals surface area contributed by atoms with Crippen LogP contribution in [0, 0.1) is 5.92 Å². The van der Waals surface area contributed by atoms with Crippen LogP contribution in [0.3, 0.4) is 0 Å². The quantitative estimate of drug-likeness (QED) is 0.802. The van der Waals surface area contributed by atoms with Gasteiger partial charge < -0.3 is 15.6 Å². The van der Waals surface area contributed by atoms with Crippen LogP contribution in [-0.2, 0) is 10.3 Å². The van der Waals surface area contributed by atoms with E-state index in [0.29, 0.717) is 18.1 Å². The third kappa shape index (κ3) is 4.62. The van der Waals surface area contributed by atoms with E-state index in [4.69, 9.17) is 10.3 Å². The van der Waals surface area contributed by atoms with Gasteiger partial charge in [-0.05, 0) is 24.3 Å². The van der Waals surface area contributed by atoms with Gasteiger partial charge >= 0.3 is 0 Å². The van der Waals surface area contributed by atoms with Crippen LogP contribution in [0.5, 0.6) is 0 Å². The molecule has 6 nitrogen and oxygen atoms in total. The average Bonchev–Trinajstić information content (AvgIpc) is 3.23. The average molecular weight is 379 g/mol. The van der Waals surface area contributed by atoms with Crippen molar-refractivity contribution in [3.05, 3.63) is 47.6 Å². The molecule has 1 fully saturated rings. The van der Waals surface area contributed by atoms with Gasteiger partial charge in [0.15, 0.2) is 5.82 Å². The van der Waals surface area contributed by atoms with Crippen molar-refractivity contribution in [1.29, 1.82) is 0 Å². The maximum Gasteiger partial charge on any atom is 0.253 e. The van der Waals surface area contributed by atoms with Crippen molar-refractivity contribution in [2.24, 2.45) is 11.7 Å². The summed E-state index contributed by atoms with van der Waals surface area (Å²) in [6, 6.07) is 9.21. The number of nitrogens with zero attached hydrogens (tertiary/aromatic N) is 2. The van der Waals surface area contributed by atoms with Crippen molar-refractivity contribution in [1.82, 2.24) is 15.5 Å². The molecule has 1 unspecified atom stereocenters. The standard InChI is InChI=1S/C19H26N4O2.ClH/c1-13(2)12-15(24)21-16(14-8-4-3-5-9-14)17-22-18(23-25-17)19(20)10-6-7-11-19;/h3-5,8-9,13,16H,6-7,10-12,20H2,1-2H3,(H,21,24);1H. The van der Waals surface area contributed by atoms with E-state index in [1.54, 1.807) is 0 Å². The minimum absolute atomic E-state index is 0. The Balaban J connectivity index is 0.00000243. The molecule has 0 radical (unpaired) electrons.